The first kappa shape index (κ1) is 20.9. The highest BCUT2D eigenvalue weighted by atomic mass is 32.2. The molecule has 3 heterocycles. The van der Waals surface area contributed by atoms with Crippen LogP contribution in [0.2, 0.25) is 0 Å². The molecule has 13 heteroatoms. The van der Waals surface area contributed by atoms with Crippen LogP contribution in [0, 0.1) is 0 Å². The second kappa shape index (κ2) is 8.25. The molecule has 1 fully saturated rings. The summed E-state index contributed by atoms with van der Waals surface area (Å²) in [6, 6.07) is -0.164. The number of piperidine rings is 1. The summed E-state index contributed by atoms with van der Waals surface area (Å²) in [7, 11) is -5.27. The number of rotatable bonds is 5. The molecule has 1 aliphatic rings. The summed E-state index contributed by atoms with van der Waals surface area (Å²) in [6.45, 7) is 2.51. The van der Waals surface area contributed by atoms with Crippen LogP contribution in [-0.4, -0.2) is 59.3 Å². The quantitative estimate of drug-likeness (QED) is 0.549. The van der Waals surface area contributed by atoms with E-state index in [1.165, 1.54) is 11.3 Å². The molecule has 0 spiro atoms. The normalized spacial score (nSPS) is 17.9. The molecular formula is C15H21F3N6O2S2. The number of sulfonamides is 1. The number of thiazole rings is 1. The van der Waals surface area contributed by atoms with Gasteiger partial charge >= 0.3 is 15.5 Å². The van der Waals surface area contributed by atoms with E-state index in [2.05, 4.69) is 20.6 Å². The Morgan fingerprint density at radius 1 is 1.39 bits per heavy atom. The molecule has 28 heavy (non-hydrogen) atoms. The van der Waals surface area contributed by atoms with E-state index in [-0.39, 0.29) is 32.0 Å². The van der Waals surface area contributed by atoms with Crippen LogP contribution >= 0.6 is 11.3 Å². The molecule has 0 unspecified atom stereocenters. The summed E-state index contributed by atoms with van der Waals surface area (Å²) >= 11 is 1.52. The van der Waals surface area contributed by atoms with Gasteiger partial charge in [0.15, 0.2) is 10.9 Å². The molecule has 1 aliphatic heterocycles. The Hall–Kier alpha value is -1.86. The summed E-state index contributed by atoms with van der Waals surface area (Å²) < 4.78 is 63.4. The SMILES string of the molecule is CCNC(=NCc1cn2ccsc2n1)NC1CCN(S(=O)(=O)C(F)(F)F)CC1. The van der Waals surface area contributed by atoms with Crippen LogP contribution in [0.5, 0.6) is 0 Å². The number of imidazole rings is 1. The van der Waals surface area contributed by atoms with Crippen LogP contribution in [0.15, 0.2) is 22.8 Å². The summed E-state index contributed by atoms with van der Waals surface area (Å²) in [5, 5.41) is 8.19. The van der Waals surface area contributed by atoms with Crippen molar-refractivity contribution in [2.75, 3.05) is 19.6 Å². The summed E-state index contributed by atoms with van der Waals surface area (Å²) in [5.41, 5.74) is -4.46. The van der Waals surface area contributed by atoms with Crippen molar-refractivity contribution in [1.82, 2.24) is 24.3 Å². The molecule has 0 aliphatic carbocycles. The van der Waals surface area contributed by atoms with Crippen LogP contribution in [0.1, 0.15) is 25.5 Å². The molecule has 0 aromatic carbocycles. The molecule has 2 aromatic heterocycles. The lowest BCUT2D eigenvalue weighted by Crippen LogP contribution is -2.51. The van der Waals surface area contributed by atoms with Gasteiger partial charge in [0.25, 0.3) is 0 Å². The van der Waals surface area contributed by atoms with Crippen LogP contribution in [-0.2, 0) is 16.6 Å². The highest BCUT2D eigenvalue weighted by Crippen LogP contribution is 2.28. The summed E-state index contributed by atoms with van der Waals surface area (Å²) in [4.78, 5) is 9.80. The summed E-state index contributed by atoms with van der Waals surface area (Å²) in [5.74, 6) is 0.524. The topological polar surface area (TPSA) is 91.1 Å². The number of halogens is 3. The Bertz CT molecular complexity index is 901. The number of nitrogens with zero attached hydrogens (tertiary/aromatic N) is 4. The van der Waals surface area contributed by atoms with E-state index < -0.39 is 15.5 Å². The molecule has 0 amide bonds. The van der Waals surface area contributed by atoms with Crippen LogP contribution < -0.4 is 10.6 Å². The van der Waals surface area contributed by atoms with Crippen molar-refractivity contribution in [3.63, 3.8) is 0 Å². The van der Waals surface area contributed by atoms with Gasteiger partial charge in [0.05, 0.1) is 12.2 Å². The number of hydrogen-bond donors (Lipinski definition) is 2. The standard InChI is InChI=1S/C15H21F3N6O2S2/c1-2-19-13(20-9-12-10-23-7-8-27-14(23)22-12)21-11-3-5-24(6-4-11)28(25,26)15(16,17)18/h7-8,10-11H,2-6,9H2,1H3,(H2,19,20,21). The van der Waals surface area contributed by atoms with Crippen molar-refractivity contribution in [3.8, 4) is 0 Å². The van der Waals surface area contributed by atoms with Crippen LogP contribution in [0.3, 0.4) is 0 Å². The third kappa shape index (κ3) is 4.58. The van der Waals surface area contributed by atoms with Gasteiger partial charge in [-0.25, -0.2) is 18.4 Å². The predicted octanol–water partition coefficient (Wildman–Crippen LogP) is 1.76. The van der Waals surface area contributed by atoms with Gasteiger partial charge in [-0.3, -0.25) is 4.40 Å². The maximum atomic E-state index is 12.7. The highest BCUT2D eigenvalue weighted by molar-refractivity contribution is 7.90. The van der Waals surface area contributed by atoms with E-state index in [9.17, 15) is 21.6 Å². The number of alkyl halides is 3. The predicted molar refractivity (Wildman–Crippen MR) is 101 cm³/mol. The first-order valence-corrected chi connectivity index (χ1v) is 11.0. The van der Waals surface area contributed by atoms with Gasteiger partial charge in [0.1, 0.15) is 0 Å². The zero-order chi connectivity index (χ0) is 20.4. The number of nitrogens with one attached hydrogen (secondary N) is 2. The maximum absolute atomic E-state index is 12.7. The Balaban J connectivity index is 1.58. The molecule has 8 nitrogen and oxygen atoms in total. The molecular weight excluding hydrogens is 417 g/mol. The number of hydrogen-bond acceptors (Lipinski definition) is 5. The van der Waals surface area contributed by atoms with Crippen molar-refractivity contribution in [2.45, 2.75) is 37.9 Å². The number of aromatic nitrogens is 2. The molecule has 1 saturated heterocycles. The Morgan fingerprint density at radius 2 is 2.11 bits per heavy atom. The van der Waals surface area contributed by atoms with Gasteiger partial charge in [0.2, 0.25) is 0 Å². The van der Waals surface area contributed by atoms with Crippen molar-refractivity contribution in [3.05, 3.63) is 23.5 Å². The van der Waals surface area contributed by atoms with Crippen molar-refractivity contribution in [2.24, 2.45) is 4.99 Å². The average molecular weight is 439 g/mol. The molecule has 2 aromatic rings. The van der Waals surface area contributed by atoms with E-state index in [1.54, 1.807) is 0 Å². The number of aliphatic imine (C=N–C) groups is 1. The lowest BCUT2D eigenvalue weighted by molar-refractivity contribution is -0.0494. The minimum atomic E-state index is -5.27. The van der Waals surface area contributed by atoms with E-state index in [0.717, 1.165) is 10.7 Å². The molecule has 0 bridgehead atoms. The van der Waals surface area contributed by atoms with Gasteiger partial charge < -0.3 is 10.6 Å². The number of guanidine groups is 1. The fraction of sp³-hybridized carbons (Fsp3) is 0.600. The largest absolute Gasteiger partial charge is 0.511 e. The smallest absolute Gasteiger partial charge is 0.357 e. The number of fused-ring (bicyclic) bond motifs is 1. The first-order chi connectivity index (χ1) is 13.2. The van der Waals surface area contributed by atoms with Crippen molar-refractivity contribution in [1.29, 1.82) is 0 Å². The van der Waals surface area contributed by atoms with Crippen molar-refractivity contribution >= 4 is 32.3 Å². The second-order valence-electron chi connectivity index (χ2n) is 6.29. The lowest BCUT2D eigenvalue weighted by atomic mass is 10.1. The zero-order valence-electron chi connectivity index (χ0n) is 15.1. The fourth-order valence-electron chi connectivity index (χ4n) is 2.91. The Morgan fingerprint density at radius 3 is 2.71 bits per heavy atom. The first-order valence-electron chi connectivity index (χ1n) is 8.73. The molecule has 0 radical (unpaired) electrons. The zero-order valence-corrected chi connectivity index (χ0v) is 16.7. The Labute approximate surface area is 164 Å². The lowest BCUT2D eigenvalue weighted by Gasteiger charge is -2.32. The van der Waals surface area contributed by atoms with E-state index >= 15 is 0 Å². The van der Waals surface area contributed by atoms with Crippen LogP contribution in [0.25, 0.3) is 4.96 Å². The maximum Gasteiger partial charge on any atom is 0.511 e. The summed E-state index contributed by atoms with van der Waals surface area (Å²) in [6.07, 6.45) is 4.33. The molecule has 156 valence electrons. The van der Waals surface area contributed by atoms with E-state index in [4.69, 9.17) is 0 Å². The highest BCUT2D eigenvalue weighted by Gasteiger charge is 2.50. The monoisotopic (exact) mass is 438 g/mol. The molecule has 2 N–H and O–H groups in total. The third-order valence-corrected chi connectivity index (χ3v) is 6.71. The van der Waals surface area contributed by atoms with Crippen molar-refractivity contribution < 1.29 is 21.6 Å². The van der Waals surface area contributed by atoms with Gasteiger partial charge in [-0.1, -0.05) is 0 Å². The van der Waals surface area contributed by atoms with Crippen LogP contribution in [0.4, 0.5) is 13.2 Å². The van der Waals surface area contributed by atoms with E-state index in [0.29, 0.717) is 23.4 Å². The van der Waals surface area contributed by atoms with E-state index in [1.807, 2.05) is 29.1 Å². The average Bonchev–Trinajstić information content (AvgIpc) is 3.21. The van der Waals surface area contributed by atoms with Gasteiger partial charge in [0, 0.05) is 43.4 Å². The second-order valence-corrected chi connectivity index (χ2v) is 9.09. The third-order valence-electron chi connectivity index (χ3n) is 4.31. The molecule has 0 saturated carbocycles. The minimum absolute atomic E-state index is 0.164. The van der Waals surface area contributed by atoms with Gasteiger partial charge in [-0.05, 0) is 19.8 Å². The van der Waals surface area contributed by atoms with Gasteiger partial charge in [-0.15, -0.1) is 11.3 Å². The minimum Gasteiger partial charge on any atom is -0.357 e. The fourth-order valence-corrected chi connectivity index (χ4v) is 4.62. The molecule has 3 rings (SSSR count). The molecule has 0 atom stereocenters. The Kier molecular flexibility index (Phi) is 6.15. The van der Waals surface area contributed by atoms with Gasteiger partial charge in [-0.2, -0.15) is 17.5 Å².